The fourth-order valence-corrected chi connectivity index (χ4v) is 2.47. The standard InChI is InChI=1S/C17H20Si/c1-13-6-9-17-15(12-13)8-7-14(2)16(17)10-11-18(3,4)5/h6-9,12H,1-5H3. The van der Waals surface area contributed by atoms with Gasteiger partial charge in [0, 0.05) is 5.56 Å². The van der Waals surface area contributed by atoms with Gasteiger partial charge in [0.15, 0.2) is 0 Å². The maximum absolute atomic E-state index is 3.47. The maximum Gasteiger partial charge on any atom is 0.129 e. The Morgan fingerprint density at radius 2 is 1.67 bits per heavy atom. The molecular formula is C17H20Si. The Morgan fingerprint density at radius 1 is 0.944 bits per heavy atom. The molecule has 0 nitrogen and oxygen atoms in total. The summed E-state index contributed by atoms with van der Waals surface area (Å²) in [7, 11) is -1.32. The van der Waals surface area contributed by atoms with Crippen LogP contribution in [0, 0.1) is 25.3 Å². The smallest absolute Gasteiger partial charge is 0.127 e. The van der Waals surface area contributed by atoms with Gasteiger partial charge in [0.25, 0.3) is 0 Å². The van der Waals surface area contributed by atoms with Crippen molar-refractivity contribution in [1.29, 1.82) is 0 Å². The topological polar surface area (TPSA) is 0 Å². The highest BCUT2D eigenvalue weighted by Crippen LogP contribution is 2.22. The van der Waals surface area contributed by atoms with Crippen molar-refractivity contribution >= 4 is 18.8 Å². The third-order valence-corrected chi connectivity index (χ3v) is 3.82. The fraction of sp³-hybridized carbons (Fsp3) is 0.294. The van der Waals surface area contributed by atoms with Gasteiger partial charge in [-0.1, -0.05) is 61.5 Å². The van der Waals surface area contributed by atoms with Crippen LogP contribution in [0.4, 0.5) is 0 Å². The number of rotatable bonds is 0. The predicted molar refractivity (Wildman–Crippen MR) is 83.6 cm³/mol. The fourth-order valence-electron chi connectivity index (χ4n) is 1.97. The molecule has 18 heavy (non-hydrogen) atoms. The van der Waals surface area contributed by atoms with Crippen LogP contribution in [0.25, 0.3) is 10.8 Å². The zero-order valence-electron chi connectivity index (χ0n) is 11.9. The summed E-state index contributed by atoms with van der Waals surface area (Å²) in [5.74, 6) is 3.43. The first-order valence-electron chi connectivity index (χ1n) is 6.40. The Labute approximate surface area is 111 Å². The molecule has 0 bridgehead atoms. The molecule has 1 heteroatoms. The van der Waals surface area contributed by atoms with Gasteiger partial charge in [0.2, 0.25) is 0 Å². The molecule has 0 aliphatic carbocycles. The van der Waals surface area contributed by atoms with E-state index in [1.165, 1.54) is 27.5 Å². The molecule has 0 spiro atoms. The second kappa shape index (κ2) is 4.63. The largest absolute Gasteiger partial charge is 0.129 e. The van der Waals surface area contributed by atoms with E-state index in [2.05, 4.69) is 75.3 Å². The van der Waals surface area contributed by atoms with Crippen molar-refractivity contribution < 1.29 is 0 Å². The molecule has 0 aliphatic heterocycles. The quantitative estimate of drug-likeness (QED) is 0.471. The van der Waals surface area contributed by atoms with E-state index in [1.54, 1.807) is 0 Å². The molecule has 0 unspecified atom stereocenters. The van der Waals surface area contributed by atoms with Gasteiger partial charge in [-0.2, -0.15) is 0 Å². The predicted octanol–water partition coefficient (Wildman–Crippen LogP) is 4.69. The van der Waals surface area contributed by atoms with Crippen LogP contribution in [0.1, 0.15) is 16.7 Å². The van der Waals surface area contributed by atoms with E-state index < -0.39 is 8.07 Å². The van der Waals surface area contributed by atoms with Crippen molar-refractivity contribution in [2.75, 3.05) is 0 Å². The molecule has 2 aromatic carbocycles. The highest BCUT2D eigenvalue weighted by Gasteiger charge is 2.09. The minimum absolute atomic E-state index is 1.20. The minimum atomic E-state index is -1.32. The second-order valence-electron chi connectivity index (χ2n) is 5.98. The van der Waals surface area contributed by atoms with Crippen molar-refractivity contribution in [3.05, 3.63) is 47.0 Å². The summed E-state index contributed by atoms with van der Waals surface area (Å²) in [5.41, 5.74) is 7.25. The van der Waals surface area contributed by atoms with Crippen LogP contribution in [-0.2, 0) is 0 Å². The molecule has 0 N–H and O–H groups in total. The summed E-state index contributed by atoms with van der Waals surface area (Å²) < 4.78 is 0. The van der Waals surface area contributed by atoms with Crippen LogP contribution in [0.2, 0.25) is 19.6 Å². The molecule has 2 rings (SSSR count). The van der Waals surface area contributed by atoms with Crippen LogP contribution in [0.5, 0.6) is 0 Å². The number of fused-ring (bicyclic) bond motifs is 1. The van der Waals surface area contributed by atoms with Crippen LogP contribution in [0.3, 0.4) is 0 Å². The molecule has 92 valence electrons. The lowest BCUT2D eigenvalue weighted by molar-refractivity contribution is 1.45. The van der Waals surface area contributed by atoms with Gasteiger partial charge < -0.3 is 0 Å². The summed E-state index contributed by atoms with van der Waals surface area (Å²) in [4.78, 5) is 0. The average molecular weight is 252 g/mol. The Kier molecular flexibility index (Phi) is 3.32. The summed E-state index contributed by atoms with van der Waals surface area (Å²) in [5, 5.41) is 2.58. The van der Waals surface area contributed by atoms with Crippen molar-refractivity contribution in [3.63, 3.8) is 0 Å². The Morgan fingerprint density at radius 3 is 2.33 bits per heavy atom. The average Bonchev–Trinajstić information content (AvgIpc) is 2.26. The van der Waals surface area contributed by atoms with E-state index >= 15 is 0 Å². The first-order valence-corrected chi connectivity index (χ1v) is 9.90. The van der Waals surface area contributed by atoms with Crippen LogP contribution in [0.15, 0.2) is 30.3 Å². The number of hydrogen-bond acceptors (Lipinski definition) is 0. The third-order valence-electron chi connectivity index (χ3n) is 2.95. The first-order chi connectivity index (χ1) is 8.37. The highest BCUT2D eigenvalue weighted by atomic mass is 28.3. The third kappa shape index (κ3) is 2.83. The normalized spacial score (nSPS) is 11.2. The lowest BCUT2D eigenvalue weighted by Gasteiger charge is -2.08. The van der Waals surface area contributed by atoms with E-state index in [1.807, 2.05) is 0 Å². The molecule has 0 atom stereocenters. The molecule has 0 radical (unpaired) electrons. The Balaban J connectivity index is 2.68. The molecule has 0 amide bonds. The van der Waals surface area contributed by atoms with Gasteiger partial charge in [0.05, 0.1) is 0 Å². The summed E-state index contributed by atoms with van der Waals surface area (Å²) in [6.07, 6.45) is 0. The monoisotopic (exact) mass is 252 g/mol. The van der Waals surface area contributed by atoms with E-state index in [0.717, 1.165) is 0 Å². The lowest BCUT2D eigenvalue weighted by Crippen LogP contribution is -2.16. The maximum atomic E-state index is 3.47. The summed E-state index contributed by atoms with van der Waals surface area (Å²) in [6.45, 7) is 11.1. The summed E-state index contributed by atoms with van der Waals surface area (Å²) in [6, 6.07) is 11.0. The van der Waals surface area contributed by atoms with E-state index in [-0.39, 0.29) is 0 Å². The summed E-state index contributed by atoms with van der Waals surface area (Å²) >= 11 is 0. The van der Waals surface area contributed by atoms with Gasteiger partial charge in [0.1, 0.15) is 8.07 Å². The van der Waals surface area contributed by atoms with Gasteiger partial charge in [-0.3, -0.25) is 0 Å². The second-order valence-corrected chi connectivity index (χ2v) is 10.7. The van der Waals surface area contributed by atoms with Crippen molar-refractivity contribution in [3.8, 4) is 11.5 Å². The molecule has 0 fully saturated rings. The number of benzene rings is 2. The SMILES string of the molecule is Cc1ccc2c(C#C[Si](C)(C)C)c(C)ccc2c1. The lowest BCUT2D eigenvalue weighted by atomic mass is 9.99. The van der Waals surface area contributed by atoms with Crippen molar-refractivity contribution in [2.45, 2.75) is 33.5 Å². The highest BCUT2D eigenvalue weighted by molar-refractivity contribution is 6.83. The number of aryl methyl sites for hydroxylation is 2. The first kappa shape index (κ1) is 12.9. The van der Waals surface area contributed by atoms with E-state index in [0.29, 0.717) is 0 Å². The van der Waals surface area contributed by atoms with Crippen LogP contribution < -0.4 is 0 Å². The number of hydrogen-bond donors (Lipinski definition) is 0. The molecular weight excluding hydrogens is 232 g/mol. The minimum Gasteiger partial charge on any atom is -0.127 e. The molecule has 0 aliphatic rings. The zero-order chi connectivity index (χ0) is 13.3. The van der Waals surface area contributed by atoms with Crippen LogP contribution >= 0.6 is 0 Å². The Bertz CT molecular complexity index is 649. The van der Waals surface area contributed by atoms with Crippen molar-refractivity contribution in [2.24, 2.45) is 0 Å². The Hall–Kier alpha value is -1.52. The van der Waals surface area contributed by atoms with Crippen LogP contribution in [-0.4, -0.2) is 8.07 Å². The molecule has 0 saturated carbocycles. The van der Waals surface area contributed by atoms with E-state index in [4.69, 9.17) is 0 Å². The van der Waals surface area contributed by atoms with Gasteiger partial charge in [-0.05, 0) is 30.2 Å². The molecule has 0 saturated heterocycles. The van der Waals surface area contributed by atoms with Crippen molar-refractivity contribution in [1.82, 2.24) is 0 Å². The van der Waals surface area contributed by atoms with Gasteiger partial charge in [-0.15, -0.1) is 5.54 Å². The van der Waals surface area contributed by atoms with E-state index in [9.17, 15) is 0 Å². The van der Waals surface area contributed by atoms with Gasteiger partial charge in [-0.25, -0.2) is 0 Å². The molecule has 0 heterocycles. The zero-order valence-corrected chi connectivity index (χ0v) is 12.9. The van der Waals surface area contributed by atoms with Gasteiger partial charge >= 0.3 is 0 Å². The molecule has 2 aromatic rings. The molecule has 0 aromatic heterocycles.